The summed E-state index contributed by atoms with van der Waals surface area (Å²) in [6, 6.07) is 7.03. The van der Waals surface area contributed by atoms with Crippen molar-refractivity contribution < 1.29 is 17.9 Å². The molecular weight excluding hydrogens is 406 g/mol. The van der Waals surface area contributed by atoms with E-state index in [-0.39, 0.29) is 30.2 Å². The van der Waals surface area contributed by atoms with Crippen molar-refractivity contribution in [2.45, 2.75) is 69.0 Å². The van der Waals surface area contributed by atoms with E-state index in [0.29, 0.717) is 16.4 Å². The van der Waals surface area contributed by atoms with Gasteiger partial charge in [-0.05, 0) is 57.7 Å². The number of carbonyl (C=O) groups is 1. The zero-order chi connectivity index (χ0) is 21.5. The van der Waals surface area contributed by atoms with Crippen molar-refractivity contribution in [1.29, 1.82) is 0 Å². The summed E-state index contributed by atoms with van der Waals surface area (Å²) < 4.78 is 32.5. The molecule has 9 nitrogen and oxygen atoms in total. The van der Waals surface area contributed by atoms with Crippen molar-refractivity contribution in [2.24, 2.45) is 0 Å². The fraction of sp³-hybridized carbons (Fsp3) is 0.500. The van der Waals surface area contributed by atoms with Gasteiger partial charge in [-0.3, -0.25) is 5.10 Å². The van der Waals surface area contributed by atoms with E-state index < -0.39 is 10.0 Å². The molecule has 10 heteroatoms. The summed E-state index contributed by atoms with van der Waals surface area (Å²) in [5.41, 5.74) is 2.39. The number of alkyl carbamates (subject to hydrolysis) is 1. The lowest BCUT2D eigenvalue weighted by Gasteiger charge is -2.14. The monoisotopic (exact) mass is 433 g/mol. The fourth-order valence-electron chi connectivity index (χ4n) is 4.07. The molecule has 1 fully saturated rings. The van der Waals surface area contributed by atoms with Gasteiger partial charge in [0.05, 0.1) is 4.90 Å². The van der Waals surface area contributed by atoms with Crippen LogP contribution in [0.2, 0.25) is 0 Å². The Morgan fingerprint density at radius 1 is 1.27 bits per heavy atom. The first kappa shape index (κ1) is 20.7. The number of amides is 1. The van der Waals surface area contributed by atoms with Crippen molar-refractivity contribution in [3.05, 3.63) is 35.5 Å². The highest BCUT2D eigenvalue weighted by molar-refractivity contribution is 7.89. The Kier molecular flexibility index (Phi) is 5.46. The number of nitrogens with zero attached hydrogens (tertiary/aromatic N) is 1. The highest BCUT2D eigenvalue weighted by Gasteiger charge is 2.32. The minimum absolute atomic E-state index is 0.0455. The predicted molar refractivity (Wildman–Crippen MR) is 112 cm³/mol. The number of nitrogens with one attached hydrogen (secondary N) is 4. The van der Waals surface area contributed by atoms with Crippen LogP contribution >= 0.6 is 0 Å². The van der Waals surface area contributed by atoms with Crippen LogP contribution in [0, 0.1) is 0 Å². The van der Waals surface area contributed by atoms with E-state index in [9.17, 15) is 13.2 Å². The van der Waals surface area contributed by atoms with E-state index in [1.807, 2.05) is 39.0 Å². The lowest BCUT2D eigenvalue weighted by atomic mass is 10.0. The van der Waals surface area contributed by atoms with Crippen LogP contribution in [-0.2, 0) is 14.8 Å². The second-order valence-electron chi connectivity index (χ2n) is 8.27. The highest BCUT2D eigenvalue weighted by atomic mass is 32.2. The van der Waals surface area contributed by atoms with Gasteiger partial charge in [0.25, 0.3) is 0 Å². The maximum atomic E-state index is 12.2. The summed E-state index contributed by atoms with van der Waals surface area (Å²) >= 11 is 0. The van der Waals surface area contributed by atoms with E-state index in [1.54, 1.807) is 6.07 Å². The maximum absolute atomic E-state index is 12.2. The Morgan fingerprint density at radius 3 is 2.83 bits per heavy atom. The third kappa shape index (κ3) is 4.29. The molecule has 4 N–H and O–H groups in total. The first-order chi connectivity index (χ1) is 14.2. The molecule has 3 atom stereocenters. The number of hydrogen-bond acceptors (Lipinski definition) is 6. The summed E-state index contributed by atoms with van der Waals surface area (Å²) in [6.45, 7) is 5.61. The number of hydrogen-bond donors (Lipinski definition) is 4. The first-order valence-corrected chi connectivity index (χ1v) is 11.7. The fourth-order valence-corrected chi connectivity index (χ4v) is 5.63. The molecule has 1 amide bonds. The zero-order valence-electron chi connectivity index (χ0n) is 17.2. The molecule has 30 heavy (non-hydrogen) atoms. The molecule has 1 aromatic heterocycles. The van der Waals surface area contributed by atoms with Gasteiger partial charge in [-0.15, -0.1) is 0 Å². The van der Waals surface area contributed by atoms with Crippen molar-refractivity contribution in [2.75, 3.05) is 5.32 Å². The Balaban J connectivity index is 1.39. The molecule has 1 aliphatic carbocycles. The van der Waals surface area contributed by atoms with E-state index in [2.05, 4.69) is 25.6 Å². The average molecular weight is 434 g/mol. The molecule has 162 valence electrons. The van der Waals surface area contributed by atoms with Crippen LogP contribution in [0.15, 0.2) is 29.2 Å². The Hall–Kier alpha value is -2.59. The van der Waals surface area contributed by atoms with Crippen LogP contribution in [0.3, 0.4) is 0 Å². The van der Waals surface area contributed by atoms with Crippen molar-refractivity contribution in [3.63, 3.8) is 0 Å². The van der Waals surface area contributed by atoms with E-state index >= 15 is 0 Å². The van der Waals surface area contributed by atoms with Gasteiger partial charge in [0, 0.05) is 35.4 Å². The molecule has 0 saturated heterocycles. The van der Waals surface area contributed by atoms with Crippen LogP contribution in [0.5, 0.6) is 0 Å². The number of benzene rings is 1. The average Bonchev–Trinajstić information content (AvgIpc) is 3.34. The number of fused-ring (bicyclic) bond motifs is 1. The molecule has 0 bridgehead atoms. The number of carbonyl (C=O) groups excluding carboxylic acids is 1. The van der Waals surface area contributed by atoms with Gasteiger partial charge >= 0.3 is 6.09 Å². The largest absolute Gasteiger partial charge is 0.446 e. The number of ether oxygens (including phenoxy) is 1. The lowest BCUT2D eigenvalue weighted by molar-refractivity contribution is 0.0981. The number of sulfonamides is 1. The van der Waals surface area contributed by atoms with Crippen LogP contribution in [-0.4, -0.2) is 36.9 Å². The standard InChI is InChI=1S/C20H27N5O4S/c1-11(2)21-20(26)29-15-6-4-13(8-15)17-10-19(24-23-17)22-14-5-7-16-12(3)25-30(27,28)18(16)9-14/h5,7,9-13,15,25H,4,6,8H2,1-3H3,(H,21,26)(H2,22,23,24)/t12?,13-,15+/m0/s1. The van der Waals surface area contributed by atoms with Crippen molar-refractivity contribution >= 4 is 27.6 Å². The smallest absolute Gasteiger partial charge is 0.407 e. The van der Waals surface area contributed by atoms with Gasteiger partial charge in [0.1, 0.15) is 6.10 Å². The molecule has 1 saturated carbocycles. The minimum atomic E-state index is -3.47. The summed E-state index contributed by atoms with van der Waals surface area (Å²) in [6.07, 6.45) is 1.98. The number of H-pyrrole nitrogens is 1. The second kappa shape index (κ2) is 7.92. The molecule has 2 aromatic rings. The van der Waals surface area contributed by atoms with Crippen molar-refractivity contribution in [1.82, 2.24) is 20.2 Å². The predicted octanol–water partition coefficient (Wildman–Crippen LogP) is 3.28. The van der Waals surface area contributed by atoms with Gasteiger partial charge in [0.2, 0.25) is 10.0 Å². The normalized spacial score (nSPS) is 24.6. The summed E-state index contributed by atoms with van der Waals surface area (Å²) in [5, 5.41) is 13.3. The second-order valence-corrected chi connectivity index (χ2v) is 9.95. The molecule has 4 rings (SSSR count). The molecule has 2 aliphatic rings. The number of aromatic amines is 1. The summed E-state index contributed by atoms with van der Waals surface area (Å²) in [5.74, 6) is 0.846. The van der Waals surface area contributed by atoms with Gasteiger partial charge in [-0.1, -0.05) is 6.07 Å². The van der Waals surface area contributed by atoms with Gasteiger partial charge in [0.15, 0.2) is 5.82 Å². The molecule has 1 unspecified atom stereocenters. The van der Waals surface area contributed by atoms with Crippen LogP contribution in [0.1, 0.15) is 63.3 Å². The van der Waals surface area contributed by atoms with Crippen LogP contribution < -0.4 is 15.4 Å². The number of rotatable bonds is 5. The maximum Gasteiger partial charge on any atom is 0.407 e. The zero-order valence-corrected chi connectivity index (χ0v) is 18.0. The molecule has 0 spiro atoms. The van der Waals surface area contributed by atoms with Gasteiger partial charge in [-0.2, -0.15) is 5.10 Å². The first-order valence-electron chi connectivity index (χ1n) is 10.2. The van der Waals surface area contributed by atoms with Crippen LogP contribution in [0.25, 0.3) is 0 Å². The van der Waals surface area contributed by atoms with E-state index in [4.69, 9.17) is 4.74 Å². The summed E-state index contributed by atoms with van der Waals surface area (Å²) in [7, 11) is -3.47. The van der Waals surface area contributed by atoms with Gasteiger partial charge < -0.3 is 15.4 Å². The van der Waals surface area contributed by atoms with E-state index in [1.165, 1.54) is 0 Å². The Labute approximate surface area is 176 Å². The van der Waals surface area contributed by atoms with Crippen LogP contribution in [0.4, 0.5) is 16.3 Å². The molecule has 0 radical (unpaired) electrons. The third-order valence-corrected chi connectivity index (χ3v) is 7.07. The molecular formula is C20H27N5O4S. The lowest BCUT2D eigenvalue weighted by Crippen LogP contribution is -2.33. The molecule has 1 aromatic carbocycles. The Morgan fingerprint density at radius 2 is 2.07 bits per heavy atom. The topological polar surface area (TPSA) is 125 Å². The third-order valence-electron chi connectivity index (χ3n) is 5.48. The van der Waals surface area contributed by atoms with Crippen molar-refractivity contribution in [3.8, 4) is 0 Å². The molecule has 1 aliphatic heterocycles. The summed E-state index contributed by atoms with van der Waals surface area (Å²) in [4.78, 5) is 12.1. The SMILES string of the molecule is CC(C)NC(=O)O[C@@H]1CC[C@H](c2cc(Nc3ccc4c(c3)S(=O)(=O)NC4C)n[nH]2)C1. The highest BCUT2D eigenvalue weighted by Crippen LogP contribution is 2.37. The van der Waals surface area contributed by atoms with Gasteiger partial charge in [-0.25, -0.2) is 17.9 Å². The quantitative estimate of drug-likeness (QED) is 0.573. The van der Waals surface area contributed by atoms with E-state index in [0.717, 1.165) is 30.5 Å². The minimum Gasteiger partial charge on any atom is -0.446 e. The number of aromatic nitrogens is 2. The number of anilines is 2. The molecule has 2 heterocycles. The Bertz CT molecular complexity index is 1050.